The third kappa shape index (κ3) is 5.69. The number of esters is 1. The van der Waals surface area contributed by atoms with Gasteiger partial charge < -0.3 is 15.0 Å². The first-order valence-corrected chi connectivity index (χ1v) is 10.4. The van der Waals surface area contributed by atoms with Crippen LogP contribution >= 0.6 is 11.3 Å². The summed E-state index contributed by atoms with van der Waals surface area (Å²) in [6.07, 6.45) is 1.86. The summed E-state index contributed by atoms with van der Waals surface area (Å²) in [4.78, 5) is 23.7. The summed E-state index contributed by atoms with van der Waals surface area (Å²) in [5.74, 6) is 0.691. The highest BCUT2D eigenvalue weighted by atomic mass is 32.1. The van der Waals surface area contributed by atoms with E-state index in [1.165, 1.54) is 0 Å². The number of ether oxygens (including phenoxy) is 1. The van der Waals surface area contributed by atoms with E-state index in [9.17, 15) is 4.79 Å². The molecule has 0 amide bonds. The molecule has 7 heteroatoms. The Morgan fingerprint density at radius 3 is 2.85 bits per heavy atom. The summed E-state index contributed by atoms with van der Waals surface area (Å²) in [6, 6.07) is 0. The third-order valence-corrected chi connectivity index (χ3v) is 5.19. The van der Waals surface area contributed by atoms with Crippen LogP contribution in [0.3, 0.4) is 0 Å². The van der Waals surface area contributed by atoms with Gasteiger partial charge in [-0.15, -0.1) is 11.3 Å². The van der Waals surface area contributed by atoms with Gasteiger partial charge in [0.05, 0.1) is 24.8 Å². The van der Waals surface area contributed by atoms with Crippen LogP contribution in [0.15, 0.2) is 10.4 Å². The molecular formula is C19H32N4O2S. The average molecular weight is 381 g/mol. The highest BCUT2D eigenvalue weighted by Gasteiger charge is 2.28. The molecule has 146 valence electrons. The molecule has 0 aliphatic carbocycles. The van der Waals surface area contributed by atoms with E-state index in [-0.39, 0.29) is 17.3 Å². The van der Waals surface area contributed by atoms with Gasteiger partial charge in [-0.25, -0.2) is 9.98 Å². The normalized spacial score (nSPS) is 18.7. The number of hydrogen-bond donors (Lipinski definition) is 1. The van der Waals surface area contributed by atoms with Gasteiger partial charge in [0.15, 0.2) is 5.96 Å². The van der Waals surface area contributed by atoms with Gasteiger partial charge >= 0.3 is 5.97 Å². The second-order valence-electron chi connectivity index (χ2n) is 7.58. The van der Waals surface area contributed by atoms with E-state index in [0.29, 0.717) is 19.7 Å². The van der Waals surface area contributed by atoms with Crippen molar-refractivity contribution < 1.29 is 9.53 Å². The number of likely N-dealkylation sites (tertiary alicyclic amines) is 1. The van der Waals surface area contributed by atoms with Gasteiger partial charge in [-0.2, -0.15) is 0 Å². The van der Waals surface area contributed by atoms with Crippen LogP contribution in [0.25, 0.3) is 0 Å². The predicted octanol–water partition coefficient (Wildman–Crippen LogP) is 3.18. The van der Waals surface area contributed by atoms with E-state index in [4.69, 9.17) is 14.7 Å². The smallest absolute Gasteiger partial charge is 0.310 e. The Balaban J connectivity index is 2.05. The minimum atomic E-state index is -0.0946. The van der Waals surface area contributed by atoms with Crippen LogP contribution in [0, 0.1) is 5.92 Å². The van der Waals surface area contributed by atoms with Gasteiger partial charge in [0.2, 0.25) is 0 Å². The van der Waals surface area contributed by atoms with E-state index in [2.05, 4.69) is 43.3 Å². The van der Waals surface area contributed by atoms with E-state index < -0.39 is 0 Å². The molecule has 0 saturated carbocycles. The number of nitrogens with zero attached hydrogens (tertiary/aromatic N) is 3. The van der Waals surface area contributed by atoms with Crippen LogP contribution in [-0.4, -0.2) is 48.1 Å². The van der Waals surface area contributed by atoms with Crippen molar-refractivity contribution in [1.29, 1.82) is 0 Å². The number of hydrogen-bond acceptors (Lipinski definition) is 5. The first-order valence-electron chi connectivity index (χ1n) is 9.50. The molecule has 0 spiro atoms. The standard InChI is InChI=1S/C19H32N4O2S/c1-6-20-18(21-11-16-22-15(13-26-16)19(3,4)5)23-10-8-9-14(12-23)17(24)25-7-2/h13-14H,6-12H2,1-5H3,(H,20,21). The van der Waals surface area contributed by atoms with Crippen LogP contribution in [0.5, 0.6) is 0 Å². The fourth-order valence-corrected chi connectivity index (χ4v) is 3.86. The molecule has 6 nitrogen and oxygen atoms in total. The molecule has 1 N–H and O–H groups in total. The van der Waals surface area contributed by atoms with Crippen molar-refractivity contribution in [1.82, 2.24) is 15.2 Å². The maximum Gasteiger partial charge on any atom is 0.310 e. The molecule has 1 aliphatic heterocycles. The minimum absolute atomic E-state index is 0.0582. The van der Waals surface area contributed by atoms with Crippen LogP contribution in [0.2, 0.25) is 0 Å². The number of carbonyl (C=O) groups excluding carboxylic acids is 1. The lowest BCUT2D eigenvalue weighted by Crippen LogP contribution is -2.48. The lowest BCUT2D eigenvalue weighted by molar-refractivity contribution is -0.149. The van der Waals surface area contributed by atoms with Gasteiger partial charge in [-0.05, 0) is 26.7 Å². The number of piperidine rings is 1. The van der Waals surface area contributed by atoms with E-state index in [1.54, 1.807) is 11.3 Å². The molecule has 1 aromatic heterocycles. The fourth-order valence-electron chi connectivity index (χ4n) is 2.92. The van der Waals surface area contributed by atoms with Crippen molar-refractivity contribution in [2.45, 2.75) is 59.4 Å². The average Bonchev–Trinajstić information content (AvgIpc) is 3.08. The molecule has 0 radical (unpaired) electrons. The summed E-state index contributed by atoms with van der Waals surface area (Å²) in [7, 11) is 0. The highest BCUT2D eigenvalue weighted by molar-refractivity contribution is 7.09. The number of rotatable bonds is 5. The van der Waals surface area contributed by atoms with Gasteiger partial charge in [0, 0.05) is 30.4 Å². The Morgan fingerprint density at radius 2 is 2.23 bits per heavy atom. The number of aromatic nitrogens is 1. The summed E-state index contributed by atoms with van der Waals surface area (Å²) < 4.78 is 5.20. The Bertz CT molecular complexity index is 621. The summed E-state index contributed by atoms with van der Waals surface area (Å²) >= 11 is 1.66. The van der Waals surface area contributed by atoms with Crippen molar-refractivity contribution in [3.8, 4) is 0 Å². The van der Waals surface area contributed by atoms with Crippen molar-refractivity contribution in [2.75, 3.05) is 26.2 Å². The SMILES string of the molecule is CCNC(=NCc1nc(C(C)(C)C)cs1)N1CCCC(C(=O)OCC)C1. The van der Waals surface area contributed by atoms with E-state index in [0.717, 1.165) is 42.6 Å². The molecule has 2 rings (SSSR count). The largest absolute Gasteiger partial charge is 0.466 e. The second-order valence-corrected chi connectivity index (χ2v) is 8.53. The molecule has 0 aromatic carbocycles. The summed E-state index contributed by atoms with van der Waals surface area (Å²) in [5.41, 5.74) is 1.17. The van der Waals surface area contributed by atoms with Crippen LogP contribution in [0.4, 0.5) is 0 Å². The van der Waals surface area contributed by atoms with Crippen LogP contribution in [0.1, 0.15) is 58.2 Å². The van der Waals surface area contributed by atoms with Crippen LogP contribution in [-0.2, 0) is 21.5 Å². The number of guanidine groups is 1. The summed E-state index contributed by atoms with van der Waals surface area (Å²) in [6.45, 7) is 13.8. The van der Waals surface area contributed by atoms with Crippen molar-refractivity contribution in [2.24, 2.45) is 10.9 Å². The van der Waals surface area contributed by atoms with Gasteiger partial charge in [0.1, 0.15) is 5.01 Å². The Morgan fingerprint density at radius 1 is 1.46 bits per heavy atom. The maximum atomic E-state index is 12.1. The highest BCUT2D eigenvalue weighted by Crippen LogP contribution is 2.24. The van der Waals surface area contributed by atoms with Gasteiger partial charge in [0.25, 0.3) is 0 Å². The first kappa shape index (κ1) is 20.7. The zero-order valence-electron chi connectivity index (χ0n) is 16.7. The molecular weight excluding hydrogens is 348 g/mol. The van der Waals surface area contributed by atoms with Gasteiger partial charge in [-0.1, -0.05) is 20.8 Å². The minimum Gasteiger partial charge on any atom is -0.466 e. The molecule has 1 atom stereocenters. The number of aliphatic imine (C=N–C) groups is 1. The lowest BCUT2D eigenvalue weighted by Gasteiger charge is -2.33. The first-order chi connectivity index (χ1) is 12.3. The van der Waals surface area contributed by atoms with Crippen molar-refractivity contribution >= 4 is 23.3 Å². The monoisotopic (exact) mass is 380 g/mol. The Kier molecular flexibility index (Phi) is 7.43. The van der Waals surface area contributed by atoms with E-state index >= 15 is 0 Å². The number of thiazole rings is 1. The van der Waals surface area contributed by atoms with E-state index in [1.807, 2.05) is 6.92 Å². The quantitative estimate of drug-likeness (QED) is 0.483. The predicted molar refractivity (Wildman–Crippen MR) is 107 cm³/mol. The van der Waals surface area contributed by atoms with Crippen molar-refractivity contribution in [3.63, 3.8) is 0 Å². The number of carbonyl (C=O) groups is 1. The fraction of sp³-hybridized carbons (Fsp3) is 0.737. The zero-order valence-corrected chi connectivity index (χ0v) is 17.5. The summed E-state index contributed by atoms with van der Waals surface area (Å²) in [5, 5.41) is 6.49. The maximum absolute atomic E-state index is 12.1. The lowest BCUT2D eigenvalue weighted by atomic mass is 9.93. The molecule has 1 unspecified atom stereocenters. The zero-order chi connectivity index (χ0) is 19.2. The Labute approximate surface area is 161 Å². The second kappa shape index (κ2) is 9.35. The molecule has 1 aromatic rings. The molecule has 2 heterocycles. The third-order valence-electron chi connectivity index (χ3n) is 4.36. The van der Waals surface area contributed by atoms with Gasteiger partial charge in [-0.3, -0.25) is 4.79 Å². The van der Waals surface area contributed by atoms with Crippen LogP contribution < -0.4 is 5.32 Å². The Hall–Kier alpha value is -1.63. The topological polar surface area (TPSA) is 66.8 Å². The van der Waals surface area contributed by atoms with Crippen molar-refractivity contribution in [3.05, 3.63) is 16.1 Å². The molecule has 1 aliphatic rings. The molecule has 0 bridgehead atoms. The molecule has 1 fully saturated rings. The molecule has 26 heavy (non-hydrogen) atoms. The number of nitrogens with one attached hydrogen (secondary N) is 1. The molecule has 1 saturated heterocycles.